The van der Waals surface area contributed by atoms with Crippen LogP contribution < -0.4 is 14.9 Å². The van der Waals surface area contributed by atoms with Crippen molar-refractivity contribution < 1.29 is 33.2 Å². The molecule has 1 aromatic heterocycles. The molecule has 0 fully saturated rings. The number of hydrogen-bond donors (Lipinski definition) is 1. The molecule has 0 spiro atoms. The van der Waals surface area contributed by atoms with Gasteiger partial charge < -0.3 is 33.2 Å². The molecule has 3 heterocycles. The Morgan fingerprint density at radius 1 is 1.09 bits per heavy atom. The van der Waals surface area contributed by atoms with E-state index in [0.29, 0.717) is 28.6 Å². The number of ether oxygens (including phenoxy) is 5. The van der Waals surface area contributed by atoms with Gasteiger partial charge in [-0.2, -0.15) is 0 Å². The Labute approximate surface area is 190 Å². The maximum atomic E-state index is 12.5. The fourth-order valence-corrected chi connectivity index (χ4v) is 3.11. The maximum Gasteiger partial charge on any atom is 0.244 e. The number of phenolic OH excluding ortho intramolecular Hbond substituents is 1. The minimum absolute atomic E-state index is 0.0930. The van der Waals surface area contributed by atoms with Gasteiger partial charge in [0.05, 0.1) is 13.4 Å². The van der Waals surface area contributed by atoms with Crippen LogP contribution in [-0.4, -0.2) is 31.2 Å². The average molecular weight is 452 g/mol. The molecule has 3 aromatic rings. The number of rotatable bonds is 5. The summed E-state index contributed by atoms with van der Waals surface area (Å²) in [4.78, 5) is 12.5. The van der Waals surface area contributed by atoms with Crippen LogP contribution in [0.1, 0.15) is 13.8 Å². The Hall–Kier alpha value is -4.07. The van der Waals surface area contributed by atoms with E-state index in [2.05, 4.69) is 4.74 Å². The van der Waals surface area contributed by atoms with Crippen molar-refractivity contribution in [2.24, 2.45) is 0 Å². The number of phenols is 1. The third kappa shape index (κ3) is 5.23. The van der Waals surface area contributed by atoms with Crippen LogP contribution in [0, 0.1) is 0 Å². The van der Waals surface area contributed by atoms with Crippen LogP contribution in [0.15, 0.2) is 76.0 Å². The highest BCUT2D eigenvalue weighted by atomic mass is 16.7. The van der Waals surface area contributed by atoms with Gasteiger partial charge in [0.2, 0.25) is 5.79 Å². The lowest BCUT2D eigenvalue weighted by atomic mass is 10.1. The second-order valence-corrected chi connectivity index (χ2v) is 7.72. The third-order valence-electron chi connectivity index (χ3n) is 4.77. The first-order valence-electron chi connectivity index (χ1n) is 10.3. The van der Waals surface area contributed by atoms with Gasteiger partial charge in [0.15, 0.2) is 11.2 Å². The Bertz CT molecular complexity index is 1250. The van der Waals surface area contributed by atoms with Crippen LogP contribution in [-0.2, 0) is 14.2 Å². The van der Waals surface area contributed by atoms with Crippen LogP contribution in [0.2, 0.25) is 0 Å². The summed E-state index contributed by atoms with van der Waals surface area (Å²) in [7, 11) is 1.58. The molecule has 0 unspecified atom stereocenters. The molecule has 2 aliphatic rings. The van der Waals surface area contributed by atoms with Crippen LogP contribution in [0.5, 0.6) is 17.2 Å². The summed E-state index contributed by atoms with van der Waals surface area (Å²) in [6, 6.07) is 11.4. The summed E-state index contributed by atoms with van der Waals surface area (Å²) in [5.74, 6) is 0.969. The number of methoxy groups -OCH3 is 1. The second-order valence-electron chi connectivity index (χ2n) is 7.72. The Balaban J connectivity index is 0.000000586. The smallest absolute Gasteiger partial charge is 0.244 e. The molecule has 0 aliphatic carbocycles. The Morgan fingerprint density at radius 3 is 2.36 bits per heavy atom. The first-order chi connectivity index (χ1) is 15.8. The van der Waals surface area contributed by atoms with E-state index < -0.39 is 5.79 Å². The lowest BCUT2D eigenvalue weighted by molar-refractivity contribution is -0.119. The Morgan fingerprint density at radius 2 is 1.79 bits per heavy atom. The van der Waals surface area contributed by atoms with E-state index in [4.69, 9.17) is 23.4 Å². The number of benzene rings is 2. The summed E-state index contributed by atoms with van der Waals surface area (Å²) in [5.41, 5.74) is 0.578. The lowest BCUT2D eigenvalue weighted by Gasteiger charge is -2.18. The van der Waals surface area contributed by atoms with Crippen molar-refractivity contribution in [1.29, 1.82) is 0 Å². The van der Waals surface area contributed by atoms with Crippen LogP contribution >= 0.6 is 0 Å². The van der Waals surface area contributed by atoms with Gasteiger partial charge >= 0.3 is 0 Å². The zero-order valence-corrected chi connectivity index (χ0v) is 18.5. The van der Waals surface area contributed by atoms with E-state index in [1.165, 1.54) is 18.4 Å². The van der Waals surface area contributed by atoms with Gasteiger partial charge in [-0.3, -0.25) is 4.79 Å². The van der Waals surface area contributed by atoms with Crippen molar-refractivity contribution in [2.45, 2.75) is 19.6 Å². The normalized spacial score (nSPS) is 15.2. The summed E-state index contributed by atoms with van der Waals surface area (Å²) >= 11 is 0. The maximum absolute atomic E-state index is 12.5. The summed E-state index contributed by atoms with van der Waals surface area (Å²) in [6.07, 6.45) is 5.13. The minimum atomic E-state index is -0.732. The van der Waals surface area contributed by atoms with Gasteiger partial charge in [0.25, 0.3) is 0 Å². The topological polar surface area (TPSA) is 96.6 Å². The fraction of sp³-hybridized carbons (Fsp3) is 0.240. The summed E-state index contributed by atoms with van der Waals surface area (Å²) < 4.78 is 32.2. The SMILES string of the molecule is C1=COC1.COc1ccc(-c2cc(=O)c3c(O)cc(OCC4=COC(C)(C)O4)cc3o2)cc1. The molecule has 2 aromatic carbocycles. The van der Waals surface area contributed by atoms with Gasteiger partial charge in [-0.15, -0.1) is 0 Å². The van der Waals surface area contributed by atoms with E-state index in [1.807, 2.05) is 6.08 Å². The van der Waals surface area contributed by atoms with Gasteiger partial charge in [-0.05, 0) is 30.3 Å². The second kappa shape index (κ2) is 9.20. The third-order valence-corrected chi connectivity index (χ3v) is 4.77. The highest BCUT2D eigenvalue weighted by Crippen LogP contribution is 2.32. The largest absolute Gasteiger partial charge is 0.507 e. The van der Waals surface area contributed by atoms with Crippen LogP contribution in [0.25, 0.3) is 22.3 Å². The predicted molar refractivity (Wildman–Crippen MR) is 121 cm³/mol. The van der Waals surface area contributed by atoms with Crippen molar-refractivity contribution in [3.63, 3.8) is 0 Å². The molecule has 0 saturated heterocycles. The van der Waals surface area contributed by atoms with E-state index in [1.54, 1.807) is 57.6 Å². The number of hydrogen-bond acceptors (Lipinski definition) is 8. The molecule has 0 bridgehead atoms. The zero-order valence-electron chi connectivity index (χ0n) is 18.5. The average Bonchev–Trinajstić information content (AvgIpc) is 3.09. The van der Waals surface area contributed by atoms with Crippen molar-refractivity contribution in [2.75, 3.05) is 20.3 Å². The summed E-state index contributed by atoms with van der Waals surface area (Å²) in [6.45, 7) is 4.50. The monoisotopic (exact) mass is 452 g/mol. The molecule has 5 rings (SSSR count). The highest BCUT2D eigenvalue weighted by molar-refractivity contribution is 5.86. The van der Waals surface area contributed by atoms with Gasteiger partial charge in [-0.25, -0.2) is 0 Å². The molecule has 0 radical (unpaired) electrons. The first kappa shape index (κ1) is 22.1. The van der Waals surface area contributed by atoms with Crippen molar-refractivity contribution in [3.05, 3.63) is 77.0 Å². The quantitative estimate of drug-likeness (QED) is 0.595. The van der Waals surface area contributed by atoms with Crippen LogP contribution in [0.3, 0.4) is 0 Å². The van der Waals surface area contributed by atoms with Gasteiger partial charge in [-0.1, -0.05) is 0 Å². The molecule has 0 amide bonds. The fourth-order valence-electron chi connectivity index (χ4n) is 3.11. The van der Waals surface area contributed by atoms with Gasteiger partial charge in [0.1, 0.15) is 53.5 Å². The molecule has 0 atom stereocenters. The zero-order chi connectivity index (χ0) is 23.4. The number of aromatic hydroxyl groups is 1. The molecule has 172 valence electrons. The molecule has 2 aliphatic heterocycles. The highest BCUT2D eigenvalue weighted by Gasteiger charge is 2.27. The lowest BCUT2D eigenvalue weighted by Crippen LogP contribution is -2.21. The first-order valence-corrected chi connectivity index (χ1v) is 10.3. The summed E-state index contributed by atoms with van der Waals surface area (Å²) in [5, 5.41) is 10.4. The number of fused-ring (bicyclic) bond motifs is 1. The molecule has 1 N–H and O–H groups in total. The van der Waals surface area contributed by atoms with E-state index in [0.717, 1.165) is 6.61 Å². The van der Waals surface area contributed by atoms with Crippen molar-refractivity contribution in [1.82, 2.24) is 0 Å². The molecular formula is C25H24O8. The Kier molecular flexibility index (Phi) is 6.17. The standard InChI is InChI=1S/C22H20O7.C3H4O/c1-22(2)27-12-16(29-22)11-26-15-8-17(23)21-18(24)10-19(28-20(21)9-15)13-4-6-14(25-3)7-5-13;1-2-4-3-1/h4-10,12,23H,11H2,1-3H3;1-2H,3H2. The van der Waals surface area contributed by atoms with E-state index in [-0.39, 0.29) is 28.8 Å². The molecule has 8 heteroatoms. The minimum Gasteiger partial charge on any atom is -0.507 e. The molecule has 33 heavy (non-hydrogen) atoms. The van der Waals surface area contributed by atoms with E-state index >= 15 is 0 Å². The van der Waals surface area contributed by atoms with Gasteiger partial charge in [0, 0.05) is 37.6 Å². The van der Waals surface area contributed by atoms with Crippen molar-refractivity contribution >= 4 is 11.0 Å². The molecular weight excluding hydrogens is 428 g/mol. The molecule has 0 saturated carbocycles. The van der Waals surface area contributed by atoms with Crippen LogP contribution in [0.4, 0.5) is 0 Å². The van der Waals surface area contributed by atoms with Crippen molar-refractivity contribution in [3.8, 4) is 28.6 Å². The predicted octanol–water partition coefficient (Wildman–Crippen LogP) is 4.71. The molecule has 8 nitrogen and oxygen atoms in total. The van der Waals surface area contributed by atoms with E-state index in [9.17, 15) is 9.90 Å².